The zero-order valence-electron chi connectivity index (χ0n) is 18.7. The molecule has 1 fully saturated rings. The number of aromatic nitrogens is 1. The van der Waals surface area contributed by atoms with Crippen LogP contribution in [0, 0.1) is 26.7 Å². The normalized spacial score (nSPS) is 17.8. The van der Waals surface area contributed by atoms with Crippen molar-refractivity contribution in [1.29, 1.82) is 0 Å². The molecule has 1 aliphatic rings. The molecule has 1 aromatic heterocycles. The minimum atomic E-state index is -3.85. The highest BCUT2D eigenvalue weighted by atomic mass is 32.2. The van der Waals surface area contributed by atoms with Crippen molar-refractivity contribution in [3.8, 4) is 0 Å². The van der Waals surface area contributed by atoms with Crippen molar-refractivity contribution < 1.29 is 17.7 Å². The van der Waals surface area contributed by atoms with Gasteiger partial charge in [-0.25, -0.2) is 8.42 Å². The topological polar surface area (TPSA) is 95.8 Å². The molecule has 1 aliphatic heterocycles. The zero-order chi connectivity index (χ0) is 22.8. The maximum Gasteiger partial charge on any atom is 0.248 e. The Hall–Kier alpha value is -2.65. The number of rotatable bonds is 6. The van der Waals surface area contributed by atoms with Gasteiger partial charge in [-0.2, -0.15) is 4.31 Å². The van der Waals surface area contributed by atoms with Crippen LogP contribution >= 0.6 is 0 Å². The van der Waals surface area contributed by atoms with Crippen molar-refractivity contribution in [2.24, 2.45) is 5.92 Å². The number of nitrogens with one attached hydrogen (secondary N) is 1. The largest absolute Gasteiger partial charge is 0.383 e. The number of hydrogen-bond donors (Lipinski definition) is 1. The second-order valence-corrected chi connectivity index (χ2v) is 10.1. The molecule has 2 aromatic rings. The van der Waals surface area contributed by atoms with Crippen molar-refractivity contribution in [2.45, 2.75) is 38.5 Å². The number of hydrogen-bond acceptors (Lipinski definition) is 6. The van der Waals surface area contributed by atoms with Crippen LogP contribution in [0.5, 0.6) is 0 Å². The van der Waals surface area contributed by atoms with Crippen molar-refractivity contribution in [3.05, 3.63) is 47.0 Å². The van der Waals surface area contributed by atoms with Gasteiger partial charge in [-0.15, -0.1) is 0 Å². The van der Waals surface area contributed by atoms with Gasteiger partial charge in [0.15, 0.2) is 10.7 Å². The maximum atomic E-state index is 13.4. The number of carbonyl (C=O) groups is 1. The molecule has 0 aliphatic carbocycles. The Bertz CT molecular complexity index is 1090. The first kappa shape index (κ1) is 23.0. The van der Waals surface area contributed by atoms with Gasteiger partial charge in [0.1, 0.15) is 5.69 Å². The first-order valence-corrected chi connectivity index (χ1v) is 11.7. The Morgan fingerprint density at radius 1 is 1.26 bits per heavy atom. The zero-order valence-corrected chi connectivity index (χ0v) is 19.5. The number of nitrogens with zero attached hydrogens (tertiary/aromatic N) is 3. The first-order valence-electron chi connectivity index (χ1n) is 10.3. The molecular formula is C22H30N4O4S. The third-order valence-corrected chi connectivity index (χ3v) is 7.51. The molecule has 168 valence electrons. The summed E-state index contributed by atoms with van der Waals surface area (Å²) in [6, 6.07) is 5.75. The average Bonchev–Trinajstić information content (AvgIpc) is 3.10. The van der Waals surface area contributed by atoms with Gasteiger partial charge in [0, 0.05) is 45.1 Å². The lowest BCUT2D eigenvalue weighted by molar-refractivity contribution is -0.120. The molecule has 0 spiro atoms. The number of aryl methyl sites for hydroxylation is 3. The molecule has 1 atom stereocenters. The molecule has 0 radical (unpaired) electrons. The molecule has 9 heteroatoms. The predicted molar refractivity (Wildman–Crippen MR) is 120 cm³/mol. The summed E-state index contributed by atoms with van der Waals surface area (Å²) >= 11 is 0. The molecule has 0 bridgehead atoms. The van der Waals surface area contributed by atoms with E-state index in [4.69, 9.17) is 4.52 Å². The van der Waals surface area contributed by atoms with Crippen molar-refractivity contribution in [1.82, 2.24) is 14.4 Å². The van der Waals surface area contributed by atoms with Crippen LogP contribution in [0.4, 0.5) is 5.69 Å². The van der Waals surface area contributed by atoms with Gasteiger partial charge in [-0.3, -0.25) is 4.79 Å². The lowest BCUT2D eigenvalue weighted by atomic mass is 9.98. The molecular weight excluding hydrogens is 416 g/mol. The maximum absolute atomic E-state index is 13.4. The van der Waals surface area contributed by atoms with E-state index >= 15 is 0 Å². The quantitative estimate of drug-likeness (QED) is 0.732. The Morgan fingerprint density at radius 2 is 2.00 bits per heavy atom. The average molecular weight is 447 g/mol. The fourth-order valence-electron chi connectivity index (χ4n) is 3.58. The van der Waals surface area contributed by atoms with Crippen LogP contribution in [0.15, 0.2) is 33.8 Å². The summed E-state index contributed by atoms with van der Waals surface area (Å²) in [6.07, 6.45) is 4.53. The molecule has 2 heterocycles. The van der Waals surface area contributed by atoms with Crippen molar-refractivity contribution >= 4 is 27.7 Å². The van der Waals surface area contributed by atoms with E-state index in [2.05, 4.69) is 10.5 Å². The van der Waals surface area contributed by atoms with E-state index < -0.39 is 15.9 Å². The minimum absolute atomic E-state index is 0.0563. The number of carbonyl (C=O) groups excluding carboxylic acids is 1. The van der Waals surface area contributed by atoms with E-state index in [0.29, 0.717) is 25.1 Å². The summed E-state index contributed by atoms with van der Waals surface area (Å²) in [7, 11) is -0.191. The molecule has 1 aromatic carbocycles. The first-order chi connectivity index (χ1) is 14.6. The molecule has 1 amide bonds. The summed E-state index contributed by atoms with van der Waals surface area (Å²) in [5.41, 5.74) is 3.27. The third kappa shape index (κ3) is 5.16. The Labute approximate surface area is 183 Å². The monoisotopic (exact) mass is 446 g/mol. The summed E-state index contributed by atoms with van der Waals surface area (Å²) in [6.45, 7) is 6.10. The second-order valence-electron chi connectivity index (χ2n) is 8.23. The van der Waals surface area contributed by atoms with E-state index in [-0.39, 0.29) is 23.1 Å². The fraction of sp³-hybridized carbons (Fsp3) is 0.455. The Kier molecular flexibility index (Phi) is 6.86. The van der Waals surface area contributed by atoms with Crippen LogP contribution in [0.3, 0.4) is 0 Å². The van der Waals surface area contributed by atoms with Gasteiger partial charge < -0.3 is 14.7 Å². The van der Waals surface area contributed by atoms with Crippen LogP contribution in [-0.2, 0) is 14.8 Å². The number of amides is 1. The van der Waals surface area contributed by atoms with Crippen LogP contribution in [-0.4, -0.2) is 55.9 Å². The Balaban J connectivity index is 1.79. The minimum Gasteiger partial charge on any atom is -0.383 e. The van der Waals surface area contributed by atoms with Gasteiger partial charge >= 0.3 is 0 Å². The van der Waals surface area contributed by atoms with E-state index in [1.54, 1.807) is 24.1 Å². The van der Waals surface area contributed by atoms with E-state index in [0.717, 1.165) is 16.8 Å². The van der Waals surface area contributed by atoms with Crippen LogP contribution in [0.25, 0.3) is 6.08 Å². The van der Waals surface area contributed by atoms with Gasteiger partial charge in [0.2, 0.25) is 15.9 Å². The van der Waals surface area contributed by atoms with Crippen molar-refractivity contribution in [2.75, 3.05) is 32.5 Å². The second kappa shape index (κ2) is 9.23. The molecule has 31 heavy (non-hydrogen) atoms. The summed E-state index contributed by atoms with van der Waals surface area (Å²) in [4.78, 5) is 14.7. The molecule has 3 rings (SSSR count). The predicted octanol–water partition coefficient (Wildman–Crippen LogP) is 3.17. The number of piperidine rings is 1. The van der Waals surface area contributed by atoms with Gasteiger partial charge in [-0.1, -0.05) is 11.2 Å². The Morgan fingerprint density at radius 3 is 2.68 bits per heavy atom. The van der Waals surface area contributed by atoms with E-state index in [9.17, 15) is 13.2 Å². The third-order valence-electron chi connectivity index (χ3n) is 5.48. The highest BCUT2D eigenvalue weighted by Gasteiger charge is 2.37. The number of sulfonamides is 1. The SMILES string of the molecule is Cc1ccc(NC(=O)[C@H]2CCCN(S(=O)(=O)c3c(C)noc3/C=C/N(C)C)C2)cc1C. The molecule has 0 unspecified atom stereocenters. The van der Waals surface area contributed by atoms with Gasteiger partial charge in [0.25, 0.3) is 0 Å². The summed E-state index contributed by atoms with van der Waals surface area (Å²) in [5, 5.41) is 6.79. The highest BCUT2D eigenvalue weighted by Crippen LogP contribution is 2.29. The fourth-order valence-corrected chi connectivity index (χ4v) is 5.36. The van der Waals surface area contributed by atoms with Crippen LogP contribution in [0.1, 0.15) is 35.4 Å². The van der Waals surface area contributed by atoms with Crippen molar-refractivity contribution in [3.63, 3.8) is 0 Å². The molecule has 1 saturated heterocycles. The van der Waals surface area contributed by atoms with Gasteiger partial charge in [0.05, 0.1) is 5.92 Å². The standard InChI is InChI=1S/C22H30N4O4S/c1-15-8-9-19(13-16(15)2)23-22(27)18-7-6-11-26(14-18)31(28,29)21-17(3)24-30-20(21)10-12-25(4)5/h8-10,12-13,18H,6-7,11,14H2,1-5H3,(H,23,27)/b12-10+/t18-/m0/s1. The highest BCUT2D eigenvalue weighted by molar-refractivity contribution is 7.89. The molecule has 8 nitrogen and oxygen atoms in total. The molecule has 1 N–H and O–H groups in total. The van der Waals surface area contributed by atoms with Gasteiger partial charge in [-0.05, 0) is 56.9 Å². The lowest BCUT2D eigenvalue weighted by Crippen LogP contribution is -2.43. The van der Waals surface area contributed by atoms with Crippen LogP contribution < -0.4 is 5.32 Å². The smallest absolute Gasteiger partial charge is 0.248 e. The van der Waals surface area contributed by atoms with Crippen LogP contribution in [0.2, 0.25) is 0 Å². The summed E-state index contributed by atoms with van der Waals surface area (Å²) in [5.74, 6) is -0.406. The number of benzene rings is 1. The van der Waals surface area contributed by atoms with E-state index in [1.807, 2.05) is 46.1 Å². The number of anilines is 1. The lowest BCUT2D eigenvalue weighted by Gasteiger charge is -2.31. The molecule has 0 saturated carbocycles. The summed E-state index contributed by atoms with van der Waals surface area (Å²) < 4.78 is 33.4. The van der Waals surface area contributed by atoms with E-state index in [1.165, 1.54) is 4.31 Å².